The summed E-state index contributed by atoms with van der Waals surface area (Å²) in [5, 5.41) is 15.9. The highest BCUT2D eigenvalue weighted by molar-refractivity contribution is 7.99. The highest BCUT2D eigenvalue weighted by Crippen LogP contribution is 2.35. The fourth-order valence-electron chi connectivity index (χ4n) is 2.26. The summed E-state index contributed by atoms with van der Waals surface area (Å²) in [5.74, 6) is 0. The minimum atomic E-state index is 0.989. The highest BCUT2D eigenvalue weighted by atomic mass is 32.2. The van der Waals surface area contributed by atoms with Crippen molar-refractivity contribution in [3.63, 3.8) is 0 Å². The van der Waals surface area contributed by atoms with Crippen LogP contribution in [0.2, 0.25) is 0 Å². The number of hydrogen-bond acceptors (Lipinski definition) is 5. The third-order valence-corrected chi connectivity index (χ3v) is 4.42. The van der Waals surface area contributed by atoms with E-state index in [4.69, 9.17) is 0 Å². The first-order valence-corrected chi connectivity index (χ1v) is 7.83. The standard InChI is InChI=1S/C16H12N6S/c1-3-7-15(13(5-1)21-11-9-17-19-21)23-16-8-4-2-6-14(16)22-12-10-18-20-22/h1-12H. The Balaban J connectivity index is 1.76. The fourth-order valence-corrected chi connectivity index (χ4v) is 3.32. The van der Waals surface area contributed by atoms with Crippen LogP contribution in [0.25, 0.3) is 11.4 Å². The molecule has 7 heteroatoms. The molecule has 4 aromatic rings. The Hall–Kier alpha value is -2.93. The Bertz CT molecular complexity index is 826. The SMILES string of the molecule is c1ccc(-n2ccnn2)c(Sc2ccccc2-n2ccnn2)c1. The van der Waals surface area contributed by atoms with E-state index in [0.717, 1.165) is 21.2 Å². The van der Waals surface area contributed by atoms with Gasteiger partial charge in [0, 0.05) is 9.79 Å². The topological polar surface area (TPSA) is 61.4 Å². The summed E-state index contributed by atoms with van der Waals surface area (Å²) >= 11 is 1.66. The lowest BCUT2D eigenvalue weighted by Gasteiger charge is -2.11. The minimum absolute atomic E-state index is 0.989. The van der Waals surface area contributed by atoms with E-state index in [1.165, 1.54) is 0 Å². The van der Waals surface area contributed by atoms with E-state index in [1.807, 2.05) is 48.8 Å². The molecule has 0 N–H and O–H groups in total. The molecule has 0 amide bonds. The van der Waals surface area contributed by atoms with Crippen molar-refractivity contribution >= 4 is 11.8 Å². The third kappa shape index (κ3) is 2.74. The first-order chi connectivity index (χ1) is 11.4. The van der Waals surface area contributed by atoms with Crippen LogP contribution in [0, 0.1) is 0 Å². The maximum atomic E-state index is 4.09. The number of nitrogens with zero attached hydrogens (tertiary/aromatic N) is 6. The van der Waals surface area contributed by atoms with Crippen LogP contribution in [0.5, 0.6) is 0 Å². The van der Waals surface area contributed by atoms with Crippen LogP contribution in [0.1, 0.15) is 0 Å². The largest absolute Gasteiger partial charge is 0.220 e. The van der Waals surface area contributed by atoms with Crippen molar-refractivity contribution in [3.8, 4) is 11.4 Å². The van der Waals surface area contributed by atoms with Gasteiger partial charge in [0.25, 0.3) is 0 Å². The van der Waals surface area contributed by atoms with Gasteiger partial charge in [0.1, 0.15) is 0 Å². The van der Waals surface area contributed by atoms with Crippen LogP contribution >= 0.6 is 11.8 Å². The number of hydrogen-bond donors (Lipinski definition) is 0. The Kier molecular flexibility index (Phi) is 3.61. The fraction of sp³-hybridized carbons (Fsp3) is 0. The summed E-state index contributed by atoms with van der Waals surface area (Å²) in [6, 6.07) is 16.2. The molecular weight excluding hydrogens is 308 g/mol. The Labute approximate surface area is 136 Å². The molecule has 112 valence electrons. The average molecular weight is 320 g/mol. The highest BCUT2D eigenvalue weighted by Gasteiger charge is 2.10. The first-order valence-electron chi connectivity index (χ1n) is 7.01. The van der Waals surface area contributed by atoms with Crippen LogP contribution in [0.3, 0.4) is 0 Å². The normalized spacial score (nSPS) is 10.8. The smallest absolute Gasteiger partial charge is 0.0802 e. The monoisotopic (exact) mass is 320 g/mol. The first kappa shape index (κ1) is 13.7. The summed E-state index contributed by atoms with van der Waals surface area (Å²) in [4.78, 5) is 2.18. The second kappa shape index (κ2) is 6.05. The van der Waals surface area contributed by atoms with Gasteiger partial charge in [-0.3, -0.25) is 0 Å². The van der Waals surface area contributed by atoms with Gasteiger partial charge in [0.2, 0.25) is 0 Å². The molecule has 0 aliphatic rings. The summed E-state index contributed by atoms with van der Waals surface area (Å²) < 4.78 is 3.53. The van der Waals surface area contributed by atoms with E-state index in [9.17, 15) is 0 Å². The maximum Gasteiger partial charge on any atom is 0.0802 e. The second-order valence-corrected chi connectivity index (χ2v) is 5.82. The van der Waals surface area contributed by atoms with Crippen LogP contribution in [0.15, 0.2) is 83.1 Å². The molecule has 0 saturated heterocycles. The molecule has 0 aliphatic heterocycles. The molecule has 4 rings (SSSR count). The molecule has 0 atom stereocenters. The van der Waals surface area contributed by atoms with Gasteiger partial charge in [0.15, 0.2) is 0 Å². The zero-order valence-electron chi connectivity index (χ0n) is 12.0. The van der Waals surface area contributed by atoms with Gasteiger partial charge in [-0.1, -0.05) is 46.5 Å². The van der Waals surface area contributed by atoms with E-state index in [-0.39, 0.29) is 0 Å². The van der Waals surface area contributed by atoms with Crippen molar-refractivity contribution in [2.45, 2.75) is 9.79 Å². The predicted molar refractivity (Wildman–Crippen MR) is 86.8 cm³/mol. The number of para-hydroxylation sites is 2. The predicted octanol–water partition coefficient (Wildman–Crippen LogP) is 3.00. The molecule has 23 heavy (non-hydrogen) atoms. The molecule has 0 radical (unpaired) electrons. The average Bonchev–Trinajstić information content (AvgIpc) is 3.30. The lowest BCUT2D eigenvalue weighted by Crippen LogP contribution is -1.99. The lowest BCUT2D eigenvalue weighted by molar-refractivity contribution is 0.788. The van der Waals surface area contributed by atoms with E-state index in [0.29, 0.717) is 0 Å². The third-order valence-electron chi connectivity index (χ3n) is 3.29. The van der Waals surface area contributed by atoms with Gasteiger partial charge in [-0.15, -0.1) is 10.2 Å². The summed E-state index contributed by atoms with van der Waals surface area (Å²) in [7, 11) is 0. The second-order valence-electron chi connectivity index (χ2n) is 4.73. The van der Waals surface area contributed by atoms with Gasteiger partial charge in [-0.2, -0.15) is 0 Å². The van der Waals surface area contributed by atoms with Gasteiger partial charge in [-0.25, -0.2) is 9.36 Å². The Morgan fingerprint density at radius 2 is 1.13 bits per heavy atom. The molecule has 0 bridgehead atoms. The number of benzene rings is 2. The number of rotatable bonds is 4. The van der Waals surface area contributed by atoms with E-state index >= 15 is 0 Å². The molecule has 0 aliphatic carbocycles. The van der Waals surface area contributed by atoms with Gasteiger partial charge >= 0.3 is 0 Å². The quantitative estimate of drug-likeness (QED) is 0.578. The molecule has 2 heterocycles. The number of aromatic nitrogens is 6. The van der Waals surface area contributed by atoms with Crippen molar-refractivity contribution in [1.82, 2.24) is 30.0 Å². The van der Waals surface area contributed by atoms with Crippen LogP contribution in [-0.4, -0.2) is 30.0 Å². The van der Waals surface area contributed by atoms with E-state index in [1.54, 1.807) is 33.5 Å². The van der Waals surface area contributed by atoms with Gasteiger partial charge in [-0.05, 0) is 24.3 Å². The summed E-state index contributed by atoms with van der Waals surface area (Å²) in [5.41, 5.74) is 1.98. The molecule has 2 aromatic heterocycles. The van der Waals surface area contributed by atoms with Crippen LogP contribution < -0.4 is 0 Å². The summed E-state index contributed by atoms with van der Waals surface area (Å²) in [6.07, 6.45) is 7.01. The molecular formula is C16H12N6S. The van der Waals surface area contributed by atoms with E-state index < -0.39 is 0 Å². The van der Waals surface area contributed by atoms with Crippen molar-refractivity contribution < 1.29 is 0 Å². The van der Waals surface area contributed by atoms with Crippen LogP contribution in [0.4, 0.5) is 0 Å². The molecule has 6 nitrogen and oxygen atoms in total. The Morgan fingerprint density at radius 1 is 0.652 bits per heavy atom. The molecule has 0 spiro atoms. The van der Waals surface area contributed by atoms with Crippen molar-refractivity contribution in [1.29, 1.82) is 0 Å². The molecule has 0 unspecified atom stereocenters. The van der Waals surface area contributed by atoms with Crippen molar-refractivity contribution in [2.24, 2.45) is 0 Å². The molecule has 0 fully saturated rings. The van der Waals surface area contributed by atoms with Gasteiger partial charge in [0.05, 0.1) is 36.2 Å². The van der Waals surface area contributed by atoms with Crippen molar-refractivity contribution in [3.05, 3.63) is 73.3 Å². The molecule has 0 saturated carbocycles. The zero-order chi connectivity index (χ0) is 15.5. The van der Waals surface area contributed by atoms with Gasteiger partial charge < -0.3 is 0 Å². The van der Waals surface area contributed by atoms with Crippen molar-refractivity contribution in [2.75, 3.05) is 0 Å². The zero-order valence-corrected chi connectivity index (χ0v) is 12.8. The maximum absolute atomic E-state index is 4.09. The summed E-state index contributed by atoms with van der Waals surface area (Å²) in [6.45, 7) is 0. The lowest BCUT2D eigenvalue weighted by atomic mass is 10.3. The van der Waals surface area contributed by atoms with Crippen LogP contribution in [-0.2, 0) is 0 Å². The molecule has 2 aromatic carbocycles. The minimum Gasteiger partial charge on any atom is -0.220 e. The Morgan fingerprint density at radius 3 is 1.57 bits per heavy atom. The van der Waals surface area contributed by atoms with E-state index in [2.05, 4.69) is 32.8 Å².